The highest BCUT2D eigenvalue weighted by Gasteiger charge is 2.38. The minimum Gasteiger partial charge on any atom is -0.329 e. The van der Waals surface area contributed by atoms with Crippen LogP contribution in [0.15, 0.2) is 17.0 Å². The van der Waals surface area contributed by atoms with E-state index in [1.165, 1.54) is 0 Å². The van der Waals surface area contributed by atoms with Crippen LogP contribution in [0.2, 0.25) is 0 Å². The van der Waals surface area contributed by atoms with Crippen LogP contribution < -0.4 is 10.5 Å². The fourth-order valence-corrected chi connectivity index (χ4v) is 4.11. The van der Waals surface area contributed by atoms with Crippen molar-refractivity contribution in [2.24, 2.45) is 5.73 Å². The average molecular weight is 345 g/mol. The number of rotatable bonds is 4. The van der Waals surface area contributed by atoms with Crippen molar-refractivity contribution >= 4 is 22.4 Å². The highest BCUT2D eigenvalue weighted by atomic mass is 35.5. The van der Waals surface area contributed by atoms with Crippen LogP contribution >= 0.6 is 12.4 Å². The number of nitrogens with one attached hydrogen (secondary N) is 1. The summed E-state index contributed by atoms with van der Waals surface area (Å²) in [7, 11) is -4.44. The van der Waals surface area contributed by atoms with Gasteiger partial charge in [-0.25, -0.2) is 26.3 Å². The first-order chi connectivity index (χ1) is 9.30. The summed E-state index contributed by atoms with van der Waals surface area (Å²) >= 11 is 0. The van der Waals surface area contributed by atoms with E-state index in [4.69, 9.17) is 5.73 Å². The lowest BCUT2D eigenvalue weighted by atomic mass is 10.0. The van der Waals surface area contributed by atoms with Gasteiger partial charge in [0.05, 0.1) is 0 Å². The Kier molecular flexibility index (Phi) is 5.65. The van der Waals surface area contributed by atoms with E-state index in [1.54, 1.807) is 0 Å². The van der Waals surface area contributed by atoms with Crippen molar-refractivity contribution in [2.75, 3.05) is 6.54 Å². The van der Waals surface area contributed by atoms with Crippen LogP contribution in [0.3, 0.4) is 0 Å². The molecule has 2 rings (SSSR count). The van der Waals surface area contributed by atoms with E-state index in [0.29, 0.717) is 25.0 Å². The Morgan fingerprint density at radius 3 is 2.05 bits per heavy atom. The number of hydrogen-bond donors (Lipinski definition) is 2. The summed E-state index contributed by atoms with van der Waals surface area (Å²) in [6.45, 7) is 0.0384. The molecule has 3 N–H and O–H groups in total. The molecule has 1 aliphatic carbocycles. The molecule has 1 aromatic carbocycles. The van der Waals surface area contributed by atoms with Crippen molar-refractivity contribution in [3.05, 3.63) is 29.6 Å². The molecule has 0 radical (unpaired) electrons. The first kappa shape index (κ1) is 18.2. The van der Waals surface area contributed by atoms with Gasteiger partial charge in [-0.1, -0.05) is 12.8 Å². The van der Waals surface area contributed by atoms with Crippen molar-refractivity contribution in [1.29, 1.82) is 0 Å². The fraction of sp³-hybridized carbons (Fsp3) is 0.500. The zero-order chi connectivity index (χ0) is 15.0. The molecule has 0 aliphatic heterocycles. The molecule has 0 unspecified atom stereocenters. The summed E-state index contributed by atoms with van der Waals surface area (Å²) in [5.41, 5.74) is 4.70. The third kappa shape index (κ3) is 3.68. The van der Waals surface area contributed by atoms with Crippen molar-refractivity contribution in [3.8, 4) is 0 Å². The third-order valence-electron chi connectivity index (χ3n) is 3.53. The number of benzene rings is 1. The number of hydrogen-bond acceptors (Lipinski definition) is 3. The van der Waals surface area contributed by atoms with Crippen LogP contribution in [0.1, 0.15) is 25.7 Å². The SMILES string of the molecule is Cl.NCC1(NS(=O)(=O)c2c(F)cc(F)cc2F)CCCC1. The zero-order valence-corrected chi connectivity index (χ0v) is 12.7. The highest BCUT2D eigenvalue weighted by Crippen LogP contribution is 2.31. The molecule has 1 saturated carbocycles. The smallest absolute Gasteiger partial charge is 0.246 e. The molecule has 0 bridgehead atoms. The average Bonchev–Trinajstić information content (AvgIpc) is 2.75. The molecule has 9 heteroatoms. The van der Waals surface area contributed by atoms with Gasteiger partial charge in [0.1, 0.15) is 17.5 Å². The van der Waals surface area contributed by atoms with Gasteiger partial charge in [0.25, 0.3) is 0 Å². The largest absolute Gasteiger partial charge is 0.329 e. The lowest BCUT2D eigenvalue weighted by molar-refractivity contribution is 0.395. The molecule has 120 valence electrons. The summed E-state index contributed by atoms with van der Waals surface area (Å²) < 4.78 is 66.5. The van der Waals surface area contributed by atoms with E-state index < -0.39 is 37.9 Å². The monoisotopic (exact) mass is 344 g/mol. The van der Waals surface area contributed by atoms with Gasteiger partial charge in [-0.3, -0.25) is 0 Å². The zero-order valence-electron chi connectivity index (χ0n) is 11.0. The van der Waals surface area contributed by atoms with E-state index in [2.05, 4.69) is 4.72 Å². The first-order valence-corrected chi connectivity index (χ1v) is 7.67. The van der Waals surface area contributed by atoms with Crippen LogP contribution in [0.25, 0.3) is 0 Å². The van der Waals surface area contributed by atoms with E-state index in [0.717, 1.165) is 12.8 Å². The number of nitrogens with two attached hydrogens (primary N) is 1. The molecular weight excluding hydrogens is 329 g/mol. The molecule has 1 fully saturated rings. The van der Waals surface area contributed by atoms with Crippen molar-refractivity contribution in [3.63, 3.8) is 0 Å². The second-order valence-corrected chi connectivity index (χ2v) is 6.61. The molecule has 0 atom stereocenters. The number of sulfonamides is 1. The van der Waals surface area contributed by atoms with Gasteiger partial charge < -0.3 is 5.73 Å². The predicted octanol–water partition coefficient (Wildman–Crippen LogP) is 2.08. The Labute approximate surface area is 127 Å². The fourth-order valence-electron chi connectivity index (χ4n) is 2.52. The normalized spacial score (nSPS) is 17.5. The molecule has 1 aliphatic rings. The summed E-state index contributed by atoms with van der Waals surface area (Å²) in [5.74, 6) is -4.09. The molecule has 1 aromatic rings. The molecular formula is C12H16ClF3N2O2S. The Bertz CT molecular complexity index is 596. The minimum absolute atomic E-state index is 0. The van der Waals surface area contributed by atoms with Crippen LogP contribution in [-0.2, 0) is 10.0 Å². The van der Waals surface area contributed by atoms with E-state index in [9.17, 15) is 21.6 Å². The topological polar surface area (TPSA) is 72.2 Å². The van der Waals surface area contributed by atoms with Crippen LogP contribution in [-0.4, -0.2) is 20.5 Å². The minimum atomic E-state index is -4.44. The quantitative estimate of drug-likeness (QED) is 0.878. The molecule has 4 nitrogen and oxygen atoms in total. The predicted molar refractivity (Wildman–Crippen MR) is 74.1 cm³/mol. The Hall–Kier alpha value is -0.830. The Morgan fingerprint density at radius 1 is 1.14 bits per heavy atom. The summed E-state index contributed by atoms with van der Waals surface area (Å²) in [6, 6.07) is 0.669. The van der Waals surface area contributed by atoms with Gasteiger partial charge in [-0.15, -0.1) is 12.4 Å². The summed E-state index contributed by atoms with van der Waals surface area (Å²) in [5, 5.41) is 0. The van der Waals surface area contributed by atoms with Crippen molar-refractivity contribution in [2.45, 2.75) is 36.1 Å². The highest BCUT2D eigenvalue weighted by molar-refractivity contribution is 7.89. The Balaban J connectivity index is 0.00000220. The molecule has 0 heterocycles. The van der Waals surface area contributed by atoms with Crippen LogP contribution in [0.5, 0.6) is 0 Å². The maximum Gasteiger partial charge on any atom is 0.246 e. The molecule has 0 aromatic heterocycles. The van der Waals surface area contributed by atoms with E-state index >= 15 is 0 Å². The van der Waals surface area contributed by atoms with Gasteiger partial charge in [0.15, 0.2) is 4.90 Å². The van der Waals surface area contributed by atoms with Gasteiger partial charge in [0, 0.05) is 24.2 Å². The lowest BCUT2D eigenvalue weighted by Gasteiger charge is -2.28. The second kappa shape index (κ2) is 6.51. The second-order valence-electron chi connectivity index (χ2n) is 5.00. The maximum absolute atomic E-state index is 13.6. The summed E-state index contributed by atoms with van der Waals surface area (Å²) in [4.78, 5) is -1.17. The van der Waals surface area contributed by atoms with Crippen molar-refractivity contribution in [1.82, 2.24) is 4.72 Å². The third-order valence-corrected chi connectivity index (χ3v) is 5.16. The summed E-state index contributed by atoms with van der Waals surface area (Å²) in [6.07, 6.45) is 2.59. The molecule has 0 spiro atoms. The Morgan fingerprint density at radius 2 is 1.62 bits per heavy atom. The molecule has 21 heavy (non-hydrogen) atoms. The van der Waals surface area contributed by atoms with Crippen LogP contribution in [0.4, 0.5) is 13.2 Å². The standard InChI is InChI=1S/C12H15F3N2O2S.ClH/c13-8-5-9(14)11(10(15)6-8)20(18,19)17-12(7-16)3-1-2-4-12;/h5-6,17H,1-4,7,16H2;1H. The van der Waals surface area contributed by atoms with E-state index in [-0.39, 0.29) is 19.0 Å². The van der Waals surface area contributed by atoms with Gasteiger partial charge in [0.2, 0.25) is 10.0 Å². The molecule has 0 amide bonds. The van der Waals surface area contributed by atoms with Gasteiger partial charge >= 0.3 is 0 Å². The van der Waals surface area contributed by atoms with Crippen molar-refractivity contribution < 1.29 is 21.6 Å². The lowest BCUT2D eigenvalue weighted by Crippen LogP contribution is -2.51. The van der Waals surface area contributed by atoms with Gasteiger partial charge in [-0.2, -0.15) is 0 Å². The first-order valence-electron chi connectivity index (χ1n) is 6.18. The molecule has 0 saturated heterocycles. The maximum atomic E-state index is 13.6. The number of halogens is 4. The van der Waals surface area contributed by atoms with E-state index in [1.807, 2.05) is 0 Å². The van der Waals surface area contributed by atoms with Crippen LogP contribution in [0, 0.1) is 17.5 Å². The van der Waals surface area contributed by atoms with Gasteiger partial charge in [-0.05, 0) is 12.8 Å².